The number of benzene rings is 1. The first-order valence-electron chi connectivity index (χ1n) is 5.02. The molecule has 1 aromatic heterocycles. The average molecular weight is 215 g/mol. The third-order valence-corrected chi connectivity index (χ3v) is 2.52. The van der Waals surface area contributed by atoms with Crippen LogP contribution in [0.15, 0.2) is 36.5 Å². The van der Waals surface area contributed by atoms with Gasteiger partial charge in [-0.05, 0) is 29.8 Å². The number of carbonyl (C=O) groups excluding carboxylic acids is 1. The maximum Gasteiger partial charge on any atom is 0.330 e. The van der Waals surface area contributed by atoms with E-state index in [1.807, 2.05) is 37.5 Å². The number of aromatic nitrogens is 1. The van der Waals surface area contributed by atoms with E-state index in [1.165, 1.54) is 18.7 Å². The Morgan fingerprint density at radius 2 is 2.19 bits per heavy atom. The third-order valence-electron chi connectivity index (χ3n) is 2.52. The number of nitrogens with zero attached hydrogens (tertiary/aromatic N) is 1. The number of esters is 1. The van der Waals surface area contributed by atoms with Crippen molar-refractivity contribution in [3.8, 4) is 0 Å². The normalized spacial score (nSPS) is 11.1. The number of methoxy groups -OCH3 is 1. The Balaban J connectivity index is 2.33. The van der Waals surface area contributed by atoms with Gasteiger partial charge in [0.25, 0.3) is 0 Å². The van der Waals surface area contributed by atoms with Gasteiger partial charge < -0.3 is 9.30 Å². The highest BCUT2D eigenvalue weighted by Crippen LogP contribution is 2.17. The zero-order chi connectivity index (χ0) is 11.5. The molecule has 3 nitrogen and oxygen atoms in total. The van der Waals surface area contributed by atoms with Gasteiger partial charge in [0.15, 0.2) is 0 Å². The summed E-state index contributed by atoms with van der Waals surface area (Å²) < 4.78 is 6.59. The second-order valence-corrected chi connectivity index (χ2v) is 3.60. The lowest BCUT2D eigenvalue weighted by Gasteiger charge is -1.97. The van der Waals surface area contributed by atoms with Gasteiger partial charge in [-0.2, -0.15) is 0 Å². The van der Waals surface area contributed by atoms with E-state index in [0.29, 0.717) is 0 Å². The summed E-state index contributed by atoms with van der Waals surface area (Å²) in [5.41, 5.74) is 2.17. The molecule has 0 radical (unpaired) electrons. The molecule has 1 aromatic carbocycles. The molecule has 0 spiro atoms. The molecule has 0 saturated heterocycles. The molecule has 0 atom stereocenters. The van der Waals surface area contributed by atoms with E-state index in [0.717, 1.165) is 10.9 Å². The fourth-order valence-electron chi connectivity index (χ4n) is 1.64. The lowest BCUT2D eigenvalue weighted by Crippen LogP contribution is -1.93. The summed E-state index contributed by atoms with van der Waals surface area (Å²) in [4.78, 5) is 10.9. The van der Waals surface area contributed by atoms with Crippen molar-refractivity contribution in [2.24, 2.45) is 7.05 Å². The van der Waals surface area contributed by atoms with E-state index >= 15 is 0 Å². The van der Waals surface area contributed by atoms with Crippen molar-refractivity contribution >= 4 is 22.9 Å². The summed E-state index contributed by atoms with van der Waals surface area (Å²) in [6.07, 6.45) is 5.18. The van der Waals surface area contributed by atoms with Crippen LogP contribution in [0.2, 0.25) is 0 Å². The molecule has 0 fully saturated rings. The summed E-state index contributed by atoms with van der Waals surface area (Å²) in [5, 5.41) is 1.16. The van der Waals surface area contributed by atoms with Crippen molar-refractivity contribution in [2.45, 2.75) is 0 Å². The van der Waals surface area contributed by atoms with Crippen molar-refractivity contribution in [1.29, 1.82) is 0 Å². The molecule has 1 heterocycles. The molecule has 0 bridgehead atoms. The number of rotatable bonds is 2. The first-order chi connectivity index (χ1) is 7.70. The van der Waals surface area contributed by atoms with Gasteiger partial charge >= 0.3 is 5.97 Å². The van der Waals surface area contributed by atoms with Gasteiger partial charge in [0, 0.05) is 30.2 Å². The fraction of sp³-hybridized carbons (Fsp3) is 0.154. The van der Waals surface area contributed by atoms with Crippen LogP contribution in [0.3, 0.4) is 0 Å². The van der Waals surface area contributed by atoms with Crippen LogP contribution in [0.1, 0.15) is 5.56 Å². The number of hydrogen-bond donors (Lipinski definition) is 0. The van der Waals surface area contributed by atoms with Crippen LogP contribution in [-0.4, -0.2) is 17.6 Å². The highest BCUT2D eigenvalue weighted by molar-refractivity contribution is 5.89. The van der Waals surface area contributed by atoms with Crippen molar-refractivity contribution in [1.82, 2.24) is 4.57 Å². The highest BCUT2D eigenvalue weighted by Gasteiger charge is 1.98. The Labute approximate surface area is 93.9 Å². The van der Waals surface area contributed by atoms with Crippen LogP contribution in [0.5, 0.6) is 0 Å². The number of ether oxygens (including phenoxy) is 1. The molecule has 0 N–H and O–H groups in total. The first kappa shape index (κ1) is 10.5. The Morgan fingerprint density at radius 3 is 2.94 bits per heavy atom. The molecule has 2 rings (SSSR count). The quantitative estimate of drug-likeness (QED) is 0.569. The molecular formula is C13H13NO2. The van der Waals surface area contributed by atoms with E-state index in [1.54, 1.807) is 6.08 Å². The second-order valence-electron chi connectivity index (χ2n) is 3.60. The van der Waals surface area contributed by atoms with Gasteiger partial charge in [0.05, 0.1) is 7.11 Å². The van der Waals surface area contributed by atoms with Crippen molar-refractivity contribution in [2.75, 3.05) is 7.11 Å². The van der Waals surface area contributed by atoms with E-state index < -0.39 is 0 Å². The Hall–Kier alpha value is -2.03. The van der Waals surface area contributed by atoms with Gasteiger partial charge in [-0.15, -0.1) is 0 Å². The van der Waals surface area contributed by atoms with Crippen molar-refractivity contribution in [3.05, 3.63) is 42.1 Å². The zero-order valence-electron chi connectivity index (χ0n) is 9.31. The smallest absolute Gasteiger partial charge is 0.330 e. The van der Waals surface area contributed by atoms with Crippen LogP contribution in [0, 0.1) is 0 Å². The van der Waals surface area contributed by atoms with Gasteiger partial charge in [-0.25, -0.2) is 4.79 Å². The molecule has 0 aliphatic heterocycles. The third kappa shape index (κ3) is 1.98. The number of aryl methyl sites for hydroxylation is 1. The Kier molecular flexibility index (Phi) is 2.77. The Morgan fingerprint density at radius 1 is 1.38 bits per heavy atom. The van der Waals surface area contributed by atoms with E-state index in [4.69, 9.17) is 0 Å². The van der Waals surface area contributed by atoms with Gasteiger partial charge in [-0.3, -0.25) is 0 Å². The molecule has 0 aliphatic rings. The molecule has 82 valence electrons. The number of carbonyl (C=O) groups is 1. The maximum atomic E-state index is 10.9. The van der Waals surface area contributed by atoms with Gasteiger partial charge in [0.2, 0.25) is 0 Å². The minimum Gasteiger partial charge on any atom is -0.466 e. The summed E-state index contributed by atoms with van der Waals surface area (Å²) in [5.74, 6) is -0.340. The lowest BCUT2D eigenvalue weighted by atomic mass is 10.1. The molecule has 3 heteroatoms. The molecule has 16 heavy (non-hydrogen) atoms. The summed E-state index contributed by atoms with van der Waals surface area (Å²) in [6.45, 7) is 0. The number of fused-ring (bicyclic) bond motifs is 1. The van der Waals surface area contributed by atoms with Crippen LogP contribution in [-0.2, 0) is 16.6 Å². The van der Waals surface area contributed by atoms with Crippen molar-refractivity contribution in [3.63, 3.8) is 0 Å². The summed E-state index contributed by atoms with van der Waals surface area (Å²) >= 11 is 0. The lowest BCUT2D eigenvalue weighted by molar-refractivity contribution is -0.134. The van der Waals surface area contributed by atoms with Crippen LogP contribution >= 0.6 is 0 Å². The summed E-state index contributed by atoms with van der Waals surface area (Å²) in [6, 6.07) is 8.09. The monoisotopic (exact) mass is 215 g/mol. The minimum atomic E-state index is -0.340. The molecule has 0 saturated carbocycles. The fourth-order valence-corrected chi connectivity index (χ4v) is 1.64. The van der Waals surface area contributed by atoms with Crippen molar-refractivity contribution < 1.29 is 9.53 Å². The number of hydrogen-bond acceptors (Lipinski definition) is 2. The summed E-state index contributed by atoms with van der Waals surface area (Å²) in [7, 11) is 3.37. The average Bonchev–Trinajstić information content (AvgIpc) is 2.67. The topological polar surface area (TPSA) is 31.2 Å². The Bertz CT molecular complexity index is 552. The standard InChI is InChI=1S/C13H13NO2/c1-14-8-7-11-9-10(3-5-12(11)14)4-6-13(15)16-2/h3-9H,1-2H3/b6-4+. The predicted octanol–water partition coefficient (Wildman–Crippen LogP) is 2.36. The van der Waals surface area contributed by atoms with Crippen LogP contribution < -0.4 is 0 Å². The SMILES string of the molecule is COC(=O)/C=C/c1ccc2c(ccn2C)c1. The van der Waals surface area contributed by atoms with Gasteiger partial charge in [-0.1, -0.05) is 6.07 Å². The zero-order valence-corrected chi connectivity index (χ0v) is 9.31. The molecule has 0 amide bonds. The van der Waals surface area contributed by atoms with Gasteiger partial charge in [0.1, 0.15) is 0 Å². The molecular weight excluding hydrogens is 202 g/mol. The second kappa shape index (κ2) is 4.23. The maximum absolute atomic E-state index is 10.9. The van der Waals surface area contributed by atoms with E-state index in [-0.39, 0.29) is 5.97 Å². The van der Waals surface area contributed by atoms with E-state index in [9.17, 15) is 4.79 Å². The first-order valence-corrected chi connectivity index (χ1v) is 5.02. The molecule has 0 unspecified atom stereocenters. The van der Waals surface area contributed by atoms with Crippen LogP contribution in [0.25, 0.3) is 17.0 Å². The predicted molar refractivity (Wildman–Crippen MR) is 64.0 cm³/mol. The molecule has 2 aromatic rings. The highest BCUT2D eigenvalue weighted by atomic mass is 16.5. The molecule has 0 aliphatic carbocycles. The van der Waals surface area contributed by atoms with Crippen LogP contribution in [0.4, 0.5) is 0 Å². The largest absolute Gasteiger partial charge is 0.466 e. The minimum absolute atomic E-state index is 0.340. The van der Waals surface area contributed by atoms with E-state index in [2.05, 4.69) is 9.30 Å².